The Labute approximate surface area is 199 Å². The first-order valence-corrected chi connectivity index (χ1v) is 11.9. The topological polar surface area (TPSA) is 55.1 Å². The first-order valence-electron chi connectivity index (χ1n) is 11.9. The average Bonchev–Trinajstić information content (AvgIpc) is 2.81. The van der Waals surface area contributed by atoms with E-state index in [0.717, 1.165) is 63.2 Å². The first-order chi connectivity index (χ1) is 16.6. The maximum absolute atomic E-state index is 5.14. The second kappa shape index (κ2) is 8.41. The normalized spacial score (nSPS) is 14.5. The molecule has 1 saturated carbocycles. The molecular weight excluding hydrogens is 418 g/mol. The van der Waals surface area contributed by atoms with E-state index in [-0.39, 0.29) is 0 Å². The van der Waals surface area contributed by atoms with Crippen LogP contribution < -0.4 is 10.7 Å². The molecule has 6 rings (SSSR count). The van der Waals surface area contributed by atoms with Gasteiger partial charge in [-0.2, -0.15) is 0 Å². The van der Waals surface area contributed by atoms with Gasteiger partial charge in [0.1, 0.15) is 0 Å². The molecule has 0 bridgehead atoms. The fraction of sp³-hybridized carbons (Fsp3) is 0.207. The number of nitrogens with zero attached hydrogens (tertiary/aromatic N) is 4. The first kappa shape index (κ1) is 20.6. The number of benzene rings is 3. The zero-order chi connectivity index (χ0) is 23.1. The second-order valence-electron chi connectivity index (χ2n) is 9.22. The fourth-order valence-electron chi connectivity index (χ4n) is 4.51. The molecule has 34 heavy (non-hydrogen) atoms. The number of aryl methyl sites for hydroxylation is 2. The summed E-state index contributed by atoms with van der Waals surface area (Å²) in [5, 5.41) is 4.54. The largest absolute Gasteiger partial charge is 0.352 e. The zero-order valence-electron chi connectivity index (χ0n) is 19.5. The van der Waals surface area contributed by atoms with E-state index in [9.17, 15) is 0 Å². The predicted molar refractivity (Wildman–Crippen MR) is 138 cm³/mol. The molecule has 1 aromatic heterocycles. The SMILES string of the molecule is Cc1ccc(-n2c3cc(=NC4CCC4)c(Nc4cncc(C)c4)cc-3nc3ccccc32)cc1. The Kier molecular flexibility index (Phi) is 5.10. The molecule has 1 fully saturated rings. The minimum absolute atomic E-state index is 0.384. The van der Waals surface area contributed by atoms with E-state index < -0.39 is 0 Å². The van der Waals surface area contributed by atoms with Crippen molar-refractivity contribution in [3.05, 3.63) is 95.6 Å². The van der Waals surface area contributed by atoms with E-state index in [1.165, 1.54) is 12.0 Å². The van der Waals surface area contributed by atoms with Crippen LogP contribution in [0.15, 0.2) is 84.1 Å². The van der Waals surface area contributed by atoms with Crippen molar-refractivity contribution < 1.29 is 0 Å². The van der Waals surface area contributed by atoms with E-state index in [2.05, 4.69) is 89.4 Å². The van der Waals surface area contributed by atoms with Crippen LogP contribution in [-0.2, 0) is 0 Å². The minimum atomic E-state index is 0.384. The number of nitrogens with one attached hydrogen (secondary N) is 1. The molecule has 5 nitrogen and oxygen atoms in total. The van der Waals surface area contributed by atoms with Gasteiger partial charge in [-0.3, -0.25) is 9.98 Å². The lowest BCUT2D eigenvalue weighted by Crippen LogP contribution is -2.22. The van der Waals surface area contributed by atoms with Gasteiger partial charge >= 0.3 is 0 Å². The summed E-state index contributed by atoms with van der Waals surface area (Å²) in [5.41, 5.74) is 9.41. The van der Waals surface area contributed by atoms with Crippen molar-refractivity contribution in [1.82, 2.24) is 14.5 Å². The molecule has 2 aromatic carbocycles. The molecule has 0 unspecified atom stereocenters. The highest BCUT2D eigenvalue weighted by Gasteiger charge is 2.19. The van der Waals surface area contributed by atoms with Crippen LogP contribution in [-0.4, -0.2) is 20.6 Å². The van der Waals surface area contributed by atoms with Crippen molar-refractivity contribution >= 4 is 22.4 Å². The van der Waals surface area contributed by atoms with Crippen molar-refractivity contribution in [1.29, 1.82) is 0 Å². The van der Waals surface area contributed by atoms with Gasteiger partial charge in [-0.05, 0) is 81.1 Å². The van der Waals surface area contributed by atoms with Gasteiger partial charge in [0.2, 0.25) is 0 Å². The quantitative estimate of drug-likeness (QED) is 0.329. The van der Waals surface area contributed by atoms with Crippen LogP contribution in [0.4, 0.5) is 11.4 Å². The van der Waals surface area contributed by atoms with Crippen LogP contribution in [0.2, 0.25) is 0 Å². The number of hydrogen-bond donors (Lipinski definition) is 1. The molecule has 168 valence electrons. The summed E-state index contributed by atoms with van der Waals surface area (Å²) in [7, 11) is 0. The van der Waals surface area contributed by atoms with Crippen LogP contribution in [0, 0.1) is 13.8 Å². The van der Waals surface area contributed by atoms with Crippen LogP contribution in [0.5, 0.6) is 0 Å². The molecule has 5 heteroatoms. The Balaban J connectivity index is 1.63. The lowest BCUT2D eigenvalue weighted by Gasteiger charge is -2.23. The second-order valence-corrected chi connectivity index (χ2v) is 9.22. The van der Waals surface area contributed by atoms with Gasteiger partial charge in [0.15, 0.2) is 0 Å². The van der Waals surface area contributed by atoms with Gasteiger partial charge in [-0.15, -0.1) is 0 Å². The Bertz CT molecular complexity index is 1530. The van der Waals surface area contributed by atoms with Crippen molar-refractivity contribution in [2.45, 2.75) is 39.2 Å². The third-order valence-corrected chi connectivity index (χ3v) is 6.54. The summed E-state index contributed by atoms with van der Waals surface area (Å²) in [6.07, 6.45) is 7.27. The maximum Gasteiger partial charge on any atom is 0.0900 e. The third-order valence-electron chi connectivity index (χ3n) is 6.54. The van der Waals surface area contributed by atoms with Crippen molar-refractivity contribution in [3.63, 3.8) is 0 Å². The van der Waals surface area contributed by atoms with E-state index in [4.69, 9.17) is 9.98 Å². The number of pyridine rings is 1. The fourth-order valence-corrected chi connectivity index (χ4v) is 4.51. The highest BCUT2D eigenvalue weighted by molar-refractivity contribution is 5.84. The van der Waals surface area contributed by atoms with Crippen LogP contribution in [0.3, 0.4) is 0 Å². The Morgan fingerprint density at radius 1 is 0.912 bits per heavy atom. The molecule has 1 aliphatic heterocycles. The van der Waals surface area contributed by atoms with E-state index in [1.807, 2.05) is 18.5 Å². The Morgan fingerprint density at radius 3 is 2.50 bits per heavy atom. The molecule has 0 radical (unpaired) electrons. The Hall–Kier alpha value is -3.99. The average molecular weight is 446 g/mol. The lowest BCUT2D eigenvalue weighted by molar-refractivity contribution is 0.413. The highest BCUT2D eigenvalue weighted by atomic mass is 15.0. The van der Waals surface area contributed by atoms with Gasteiger partial charge < -0.3 is 9.88 Å². The molecule has 2 aliphatic carbocycles. The monoisotopic (exact) mass is 445 g/mol. The van der Waals surface area contributed by atoms with Crippen molar-refractivity contribution in [2.75, 3.05) is 5.32 Å². The number of hydrogen-bond acceptors (Lipinski definition) is 4. The molecule has 0 spiro atoms. The van der Waals surface area contributed by atoms with Crippen LogP contribution in [0.1, 0.15) is 30.4 Å². The molecule has 0 atom stereocenters. The summed E-state index contributed by atoms with van der Waals surface area (Å²) in [5.74, 6) is 0. The van der Waals surface area contributed by atoms with Gasteiger partial charge in [-0.1, -0.05) is 29.8 Å². The van der Waals surface area contributed by atoms with E-state index in [0.29, 0.717) is 6.04 Å². The van der Waals surface area contributed by atoms with E-state index in [1.54, 1.807) is 0 Å². The predicted octanol–water partition coefficient (Wildman–Crippen LogP) is 6.34. The standard InChI is InChI=1S/C29H27N5/c1-19-10-12-23(13-11-19)34-28-9-4-3-8-24(28)33-27-15-25(32-22-14-20(2)17-30-18-22)26(16-29(27)34)31-21-6-5-7-21/h3-4,8-18,21,32H,5-7H2,1-2H3. The summed E-state index contributed by atoms with van der Waals surface area (Å²) in [6.45, 7) is 4.17. The molecule has 3 aliphatic rings. The zero-order valence-corrected chi connectivity index (χ0v) is 19.5. The maximum atomic E-state index is 5.14. The molecule has 3 aromatic rings. The summed E-state index contributed by atoms with van der Waals surface area (Å²) < 4.78 is 2.30. The van der Waals surface area contributed by atoms with Gasteiger partial charge in [0.05, 0.1) is 51.4 Å². The number of rotatable bonds is 4. The highest BCUT2D eigenvalue weighted by Crippen LogP contribution is 2.31. The molecule has 1 N–H and O–H groups in total. The van der Waals surface area contributed by atoms with Crippen LogP contribution >= 0.6 is 0 Å². The molecule has 0 saturated heterocycles. The molecule has 2 heterocycles. The number of anilines is 2. The number of para-hydroxylation sites is 2. The van der Waals surface area contributed by atoms with Gasteiger partial charge in [0, 0.05) is 11.9 Å². The minimum Gasteiger partial charge on any atom is -0.352 e. The number of fused-ring (bicyclic) bond motifs is 2. The summed E-state index contributed by atoms with van der Waals surface area (Å²) in [4.78, 5) is 14.5. The van der Waals surface area contributed by atoms with Crippen molar-refractivity contribution in [2.24, 2.45) is 4.99 Å². The van der Waals surface area contributed by atoms with E-state index >= 15 is 0 Å². The molecule has 0 amide bonds. The van der Waals surface area contributed by atoms with Crippen molar-refractivity contribution in [3.8, 4) is 17.1 Å². The Morgan fingerprint density at radius 2 is 1.74 bits per heavy atom. The van der Waals surface area contributed by atoms with Crippen LogP contribution in [0.25, 0.3) is 28.1 Å². The van der Waals surface area contributed by atoms with Gasteiger partial charge in [-0.25, -0.2) is 4.98 Å². The molecular formula is C29H27N5. The summed E-state index contributed by atoms with van der Waals surface area (Å²) >= 11 is 0. The third kappa shape index (κ3) is 3.83. The number of aromatic nitrogens is 3. The summed E-state index contributed by atoms with van der Waals surface area (Å²) in [6, 6.07) is 23.8. The van der Waals surface area contributed by atoms with Gasteiger partial charge in [0.25, 0.3) is 0 Å². The lowest BCUT2D eigenvalue weighted by atomic mass is 9.94. The smallest absolute Gasteiger partial charge is 0.0900 e.